The zero-order chi connectivity index (χ0) is 13.0. The van der Waals surface area contributed by atoms with Gasteiger partial charge in [-0.1, -0.05) is 12.1 Å². The molecule has 0 aliphatic carbocycles. The van der Waals surface area contributed by atoms with Crippen LogP contribution in [0.15, 0.2) is 30.3 Å². The minimum absolute atomic E-state index is 0.288. The summed E-state index contributed by atoms with van der Waals surface area (Å²) < 4.78 is 0. The number of nitrogens with zero attached hydrogens (tertiary/aromatic N) is 2. The summed E-state index contributed by atoms with van der Waals surface area (Å²) in [5, 5.41) is 3.22. The number of aromatic nitrogens is 2. The molecule has 0 spiro atoms. The second-order valence-corrected chi connectivity index (χ2v) is 4.87. The molecule has 0 saturated carbocycles. The summed E-state index contributed by atoms with van der Waals surface area (Å²) in [6, 6.07) is 10.2. The van der Waals surface area contributed by atoms with Crippen LogP contribution in [0.2, 0.25) is 0 Å². The first kappa shape index (κ1) is 12.7. The van der Waals surface area contributed by atoms with Crippen LogP contribution in [0, 0.1) is 6.92 Å². The lowest BCUT2D eigenvalue weighted by molar-refractivity contribution is 1.12. The number of thioether (sulfide) groups is 1. The summed E-state index contributed by atoms with van der Waals surface area (Å²) in [6.07, 6.45) is 2.10. The van der Waals surface area contributed by atoms with Crippen molar-refractivity contribution in [3.05, 3.63) is 41.6 Å². The lowest BCUT2D eigenvalue weighted by Crippen LogP contribution is -2.01. The van der Waals surface area contributed by atoms with Crippen molar-refractivity contribution in [2.75, 3.05) is 17.3 Å². The maximum Gasteiger partial charge on any atom is 0.222 e. The Balaban J connectivity index is 2.13. The molecule has 4 nitrogen and oxygen atoms in total. The van der Waals surface area contributed by atoms with Gasteiger partial charge in [0, 0.05) is 23.2 Å². The Morgan fingerprint density at radius 2 is 1.94 bits per heavy atom. The van der Waals surface area contributed by atoms with Crippen molar-refractivity contribution in [3.8, 4) is 0 Å². The predicted octanol–water partition coefficient (Wildman–Crippen LogP) is 2.97. The quantitative estimate of drug-likeness (QED) is 0.884. The summed E-state index contributed by atoms with van der Waals surface area (Å²) in [7, 11) is 0. The first-order valence-corrected chi connectivity index (χ1v) is 7.03. The van der Waals surface area contributed by atoms with Crippen molar-refractivity contribution in [1.82, 2.24) is 9.97 Å². The van der Waals surface area contributed by atoms with Crippen molar-refractivity contribution in [3.63, 3.8) is 0 Å². The van der Waals surface area contributed by atoms with Gasteiger partial charge in [-0.25, -0.2) is 4.98 Å². The highest BCUT2D eigenvalue weighted by atomic mass is 32.2. The third kappa shape index (κ3) is 3.37. The Bertz CT molecular complexity index is 505. The molecule has 0 unspecified atom stereocenters. The Labute approximate surface area is 111 Å². The average molecular weight is 260 g/mol. The normalized spacial score (nSPS) is 10.3. The first-order chi connectivity index (χ1) is 8.67. The number of hydrogen-bond donors (Lipinski definition) is 2. The number of aryl methyl sites for hydroxylation is 1. The summed E-state index contributed by atoms with van der Waals surface area (Å²) in [5.74, 6) is 2.04. The molecule has 2 rings (SSSR count). The molecule has 0 bridgehead atoms. The van der Waals surface area contributed by atoms with Gasteiger partial charge in [-0.05, 0) is 30.9 Å². The number of nitrogens with one attached hydrogen (secondary N) is 1. The standard InChI is InChI=1S/C13H16N4S/c1-9-7-12(17-13(14)15-9)16-11-5-3-10(4-6-11)8-18-2/h3-7H,8H2,1-2H3,(H3,14,15,16,17). The number of hydrogen-bond acceptors (Lipinski definition) is 5. The summed E-state index contributed by atoms with van der Waals surface area (Å²) in [5.41, 5.74) is 8.77. The SMILES string of the molecule is CSCc1ccc(Nc2cc(C)nc(N)n2)cc1. The molecule has 0 fully saturated rings. The Hall–Kier alpha value is -1.75. The highest BCUT2D eigenvalue weighted by Crippen LogP contribution is 2.18. The summed E-state index contributed by atoms with van der Waals surface area (Å²) >= 11 is 1.81. The van der Waals surface area contributed by atoms with Crippen LogP contribution in [0.3, 0.4) is 0 Å². The van der Waals surface area contributed by atoms with Crippen LogP contribution >= 0.6 is 11.8 Å². The zero-order valence-electron chi connectivity index (χ0n) is 10.5. The van der Waals surface area contributed by atoms with Crippen LogP contribution in [0.1, 0.15) is 11.3 Å². The smallest absolute Gasteiger partial charge is 0.222 e. The molecule has 0 saturated heterocycles. The molecular weight excluding hydrogens is 244 g/mol. The molecule has 1 aromatic heterocycles. The molecule has 3 N–H and O–H groups in total. The van der Waals surface area contributed by atoms with E-state index in [0.717, 1.165) is 23.0 Å². The van der Waals surface area contributed by atoms with Gasteiger partial charge in [-0.15, -0.1) is 0 Å². The molecule has 0 aliphatic heterocycles. The van der Waals surface area contributed by atoms with Gasteiger partial charge in [0.05, 0.1) is 0 Å². The maximum atomic E-state index is 5.61. The van der Waals surface area contributed by atoms with Gasteiger partial charge in [0.2, 0.25) is 5.95 Å². The van der Waals surface area contributed by atoms with Gasteiger partial charge in [-0.3, -0.25) is 0 Å². The van der Waals surface area contributed by atoms with Crippen LogP contribution < -0.4 is 11.1 Å². The number of nitrogen functional groups attached to an aromatic ring is 1. The zero-order valence-corrected chi connectivity index (χ0v) is 11.3. The Morgan fingerprint density at radius 1 is 1.22 bits per heavy atom. The van der Waals surface area contributed by atoms with E-state index in [2.05, 4.69) is 33.7 Å². The Kier molecular flexibility index (Phi) is 4.04. The van der Waals surface area contributed by atoms with E-state index in [1.165, 1.54) is 5.56 Å². The largest absolute Gasteiger partial charge is 0.368 e. The van der Waals surface area contributed by atoms with Gasteiger partial charge in [0.25, 0.3) is 0 Å². The van der Waals surface area contributed by atoms with Crippen LogP contribution in [0.25, 0.3) is 0 Å². The van der Waals surface area contributed by atoms with Crippen LogP contribution in [-0.4, -0.2) is 16.2 Å². The van der Waals surface area contributed by atoms with Crippen LogP contribution in [-0.2, 0) is 5.75 Å². The number of nitrogens with two attached hydrogens (primary N) is 1. The van der Waals surface area contributed by atoms with Crippen molar-refractivity contribution in [2.45, 2.75) is 12.7 Å². The molecule has 5 heteroatoms. The van der Waals surface area contributed by atoms with Gasteiger partial charge in [0.15, 0.2) is 0 Å². The molecule has 18 heavy (non-hydrogen) atoms. The Morgan fingerprint density at radius 3 is 2.56 bits per heavy atom. The number of benzene rings is 1. The van der Waals surface area contributed by atoms with E-state index in [0.29, 0.717) is 0 Å². The molecule has 1 heterocycles. The van der Waals surface area contributed by atoms with Crippen molar-refractivity contribution in [1.29, 1.82) is 0 Å². The molecule has 0 atom stereocenters. The molecule has 0 radical (unpaired) electrons. The monoisotopic (exact) mass is 260 g/mol. The first-order valence-electron chi connectivity index (χ1n) is 5.63. The van der Waals surface area contributed by atoms with E-state index >= 15 is 0 Å². The van der Waals surface area contributed by atoms with Crippen LogP contribution in [0.5, 0.6) is 0 Å². The lowest BCUT2D eigenvalue weighted by atomic mass is 10.2. The molecule has 0 aliphatic rings. The van der Waals surface area contributed by atoms with E-state index in [4.69, 9.17) is 5.73 Å². The highest BCUT2D eigenvalue weighted by Gasteiger charge is 2.00. The fourth-order valence-corrected chi connectivity index (χ4v) is 2.18. The minimum Gasteiger partial charge on any atom is -0.368 e. The van der Waals surface area contributed by atoms with Gasteiger partial charge in [-0.2, -0.15) is 16.7 Å². The minimum atomic E-state index is 0.288. The van der Waals surface area contributed by atoms with Gasteiger partial charge in [0.1, 0.15) is 5.82 Å². The summed E-state index contributed by atoms with van der Waals surface area (Å²) in [4.78, 5) is 8.18. The van der Waals surface area contributed by atoms with E-state index in [9.17, 15) is 0 Å². The topological polar surface area (TPSA) is 63.8 Å². The molecule has 1 aromatic carbocycles. The van der Waals surface area contributed by atoms with Crippen molar-refractivity contribution in [2.24, 2.45) is 0 Å². The fourth-order valence-electron chi connectivity index (χ4n) is 1.65. The third-order valence-corrected chi connectivity index (χ3v) is 3.03. The van der Waals surface area contributed by atoms with Gasteiger partial charge >= 0.3 is 0 Å². The lowest BCUT2D eigenvalue weighted by Gasteiger charge is -2.07. The van der Waals surface area contributed by atoms with Crippen LogP contribution in [0.4, 0.5) is 17.5 Å². The predicted molar refractivity (Wildman–Crippen MR) is 78.1 cm³/mol. The van der Waals surface area contributed by atoms with E-state index < -0.39 is 0 Å². The van der Waals surface area contributed by atoms with E-state index in [1.54, 1.807) is 0 Å². The van der Waals surface area contributed by atoms with Crippen molar-refractivity contribution < 1.29 is 0 Å². The number of anilines is 3. The average Bonchev–Trinajstić information content (AvgIpc) is 2.31. The van der Waals surface area contributed by atoms with Gasteiger partial charge < -0.3 is 11.1 Å². The molecule has 2 aromatic rings. The molecule has 94 valence electrons. The third-order valence-electron chi connectivity index (χ3n) is 2.41. The number of rotatable bonds is 4. The second kappa shape index (κ2) is 5.73. The van der Waals surface area contributed by atoms with E-state index in [-0.39, 0.29) is 5.95 Å². The fraction of sp³-hybridized carbons (Fsp3) is 0.231. The summed E-state index contributed by atoms with van der Waals surface area (Å²) in [6.45, 7) is 1.89. The molecule has 0 amide bonds. The second-order valence-electron chi connectivity index (χ2n) is 4.01. The highest BCUT2D eigenvalue weighted by molar-refractivity contribution is 7.97. The maximum absolute atomic E-state index is 5.61. The molecular formula is C13H16N4S. The van der Waals surface area contributed by atoms with E-state index in [1.807, 2.05) is 36.9 Å². The van der Waals surface area contributed by atoms with Crippen molar-refractivity contribution >= 4 is 29.2 Å².